The van der Waals surface area contributed by atoms with Gasteiger partial charge in [0.2, 0.25) is 5.95 Å². The van der Waals surface area contributed by atoms with Gasteiger partial charge in [0.1, 0.15) is 0 Å². The molecule has 0 saturated carbocycles. The fourth-order valence-electron chi connectivity index (χ4n) is 4.79. The molecule has 0 N–H and O–H groups in total. The first kappa shape index (κ1) is 22.6. The van der Waals surface area contributed by atoms with Gasteiger partial charge in [-0.15, -0.1) is 0 Å². The van der Waals surface area contributed by atoms with E-state index in [-0.39, 0.29) is 5.69 Å². The first-order chi connectivity index (χ1) is 17.8. The second-order valence-electron chi connectivity index (χ2n) is 9.70. The molecule has 0 bridgehead atoms. The second-order valence-corrected chi connectivity index (χ2v) is 9.70. The van der Waals surface area contributed by atoms with E-state index >= 15 is 4.39 Å². The van der Waals surface area contributed by atoms with Crippen LogP contribution in [0, 0.1) is 17.3 Å². The number of imidazole rings is 1. The SMILES string of the molecule is Cn1c(=O)n(-c2ccc(C(C)(C)C#N)cc2)c2c3cc(-c4cc5ccccc5nc4F)ccc3ncc21. The van der Waals surface area contributed by atoms with Crippen LogP contribution in [0.4, 0.5) is 4.39 Å². The first-order valence-electron chi connectivity index (χ1n) is 11.9. The highest BCUT2D eigenvalue weighted by Crippen LogP contribution is 2.32. The molecule has 0 spiro atoms. The largest absolute Gasteiger partial charge is 0.333 e. The van der Waals surface area contributed by atoms with Crippen LogP contribution in [0.1, 0.15) is 19.4 Å². The summed E-state index contributed by atoms with van der Waals surface area (Å²) in [7, 11) is 1.71. The van der Waals surface area contributed by atoms with Crippen molar-refractivity contribution in [2.75, 3.05) is 0 Å². The Hall–Kier alpha value is -4.83. The quantitative estimate of drug-likeness (QED) is 0.286. The number of aryl methyl sites for hydroxylation is 1. The summed E-state index contributed by atoms with van der Waals surface area (Å²) in [5, 5.41) is 11.1. The van der Waals surface area contributed by atoms with Crippen LogP contribution < -0.4 is 5.69 Å². The van der Waals surface area contributed by atoms with Gasteiger partial charge in [0.25, 0.3) is 0 Å². The van der Waals surface area contributed by atoms with E-state index in [1.165, 1.54) is 0 Å². The van der Waals surface area contributed by atoms with Crippen molar-refractivity contribution in [3.05, 3.63) is 101 Å². The minimum absolute atomic E-state index is 0.222. The number of rotatable bonds is 3. The standard InChI is InChI=1S/C30H22FN5O/c1-30(2,17-32)20-9-11-21(12-10-20)36-27-23-14-18(8-13-25(23)33-16-26(27)35(3)29(36)37)22-15-19-6-4-5-7-24(19)34-28(22)31/h4-16H,1-3H3. The number of pyridine rings is 2. The summed E-state index contributed by atoms with van der Waals surface area (Å²) in [6, 6.07) is 24.4. The lowest BCUT2D eigenvalue weighted by molar-refractivity contribution is 0.593. The lowest BCUT2D eigenvalue weighted by Crippen LogP contribution is -2.21. The third kappa shape index (κ3) is 3.49. The van der Waals surface area contributed by atoms with Crippen LogP contribution in [0.5, 0.6) is 0 Å². The highest BCUT2D eigenvalue weighted by atomic mass is 19.1. The van der Waals surface area contributed by atoms with Gasteiger partial charge in [0.05, 0.1) is 45.4 Å². The van der Waals surface area contributed by atoms with Crippen molar-refractivity contribution >= 4 is 32.8 Å². The van der Waals surface area contributed by atoms with E-state index in [9.17, 15) is 10.1 Å². The molecular formula is C30H22FN5O. The summed E-state index contributed by atoms with van der Waals surface area (Å²) >= 11 is 0. The number of aromatic nitrogens is 4. The zero-order valence-corrected chi connectivity index (χ0v) is 20.5. The lowest BCUT2D eigenvalue weighted by Gasteiger charge is -2.16. The van der Waals surface area contributed by atoms with Gasteiger partial charge in [-0.1, -0.05) is 36.4 Å². The van der Waals surface area contributed by atoms with Crippen molar-refractivity contribution in [1.82, 2.24) is 19.1 Å². The summed E-state index contributed by atoms with van der Waals surface area (Å²) in [6.07, 6.45) is 1.68. The van der Waals surface area contributed by atoms with Crippen molar-refractivity contribution in [3.8, 4) is 22.9 Å². The maximum atomic E-state index is 15.1. The molecule has 0 saturated heterocycles. The number of hydrogen-bond donors (Lipinski definition) is 0. The average Bonchev–Trinajstić information content (AvgIpc) is 3.18. The normalized spacial score (nSPS) is 11.9. The van der Waals surface area contributed by atoms with Crippen molar-refractivity contribution in [2.24, 2.45) is 7.05 Å². The Kier molecular flexibility index (Phi) is 4.95. The van der Waals surface area contributed by atoms with Gasteiger partial charge < -0.3 is 0 Å². The van der Waals surface area contributed by atoms with Crippen LogP contribution in [-0.4, -0.2) is 19.1 Å². The Balaban J connectivity index is 1.61. The van der Waals surface area contributed by atoms with E-state index < -0.39 is 11.4 Å². The average molecular weight is 488 g/mol. The van der Waals surface area contributed by atoms with Crippen LogP contribution in [0.15, 0.2) is 83.8 Å². The molecule has 37 heavy (non-hydrogen) atoms. The highest BCUT2D eigenvalue weighted by molar-refractivity contribution is 6.05. The van der Waals surface area contributed by atoms with E-state index in [1.54, 1.807) is 34.5 Å². The number of fused-ring (bicyclic) bond motifs is 4. The minimum atomic E-state index is -0.647. The maximum Gasteiger partial charge on any atom is 0.333 e. The molecule has 3 aromatic heterocycles. The zero-order chi connectivity index (χ0) is 25.9. The fraction of sp³-hybridized carbons (Fsp3) is 0.133. The molecule has 0 aliphatic carbocycles. The Morgan fingerprint density at radius 1 is 0.973 bits per heavy atom. The number of hydrogen-bond acceptors (Lipinski definition) is 4. The van der Waals surface area contributed by atoms with Crippen LogP contribution in [0.3, 0.4) is 0 Å². The van der Waals surface area contributed by atoms with Crippen molar-refractivity contribution in [3.63, 3.8) is 0 Å². The molecular weight excluding hydrogens is 465 g/mol. The first-order valence-corrected chi connectivity index (χ1v) is 11.9. The second kappa shape index (κ2) is 8.10. The third-order valence-corrected chi connectivity index (χ3v) is 7.00. The Labute approximate surface area is 211 Å². The molecule has 6 aromatic rings. The maximum absolute atomic E-state index is 15.1. The van der Waals surface area contributed by atoms with Gasteiger partial charge >= 0.3 is 5.69 Å². The predicted molar refractivity (Wildman–Crippen MR) is 143 cm³/mol. The summed E-state index contributed by atoms with van der Waals surface area (Å²) in [5.74, 6) is -0.556. The molecule has 3 heterocycles. The Bertz CT molecular complexity index is 1960. The molecule has 0 aliphatic rings. The van der Waals surface area contributed by atoms with E-state index in [1.807, 2.05) is 74.5 Å². The fourth-order valence-corrected chi connectivity index (χ4v) is 4.79. The molecule has 0 fully saturated rings. The molecule has 0 unspecified atom stereocenters. The number of nitrogens with zero attached hydrogens (tertiary/aromatic N) is 5. The lowest BCUT2D eigenvalue weighted by atomic mass is 9.86. The monoisotopic (exact) mass is 487 g/mol. The van der Waals surface area contributed by atoms with Gasteiger partial charge in [-0.25, -0.2) is 9.78 Å². The molecule has 6 nitrogen and oxygen atoms in total. The molecule has 0 amide bonds. The molecule has 6 rings (SSSR count). The molecule has 3 aromatic carbocycles. The van der Waals surface area contributed by atoms with Crippen molar-refractivity contribution in [1.29, 1.82) is 5.26 Å². The Morgan fingerprint density at radius 3 is 2.49 bits per heavy atom. The summed E-state index contributed by atoms with van der Waals surface area (Å²) in [4.78, 5) is 22.1. The molecule has 180 valence electrons. The van der Waals surface area contributed by atoms with E-state index in [0.29, 0.717) is 38.9 Å². The van der Waals surface area contributed by atoms with Crippen molar-refractivity contribution in [2.45, 2.75) is 19.3 Å². The van der Waals surface area contributed by atoms with E-state index in [2.05, 4.69) is 16.0 Å². The summed E-state index contributed by atoms with van der Waals surface area (Å²) < 4.78 is 18.3. The number of nitriles is 1. The van der Waals surface area contributed by atoms with Crippen LogP contribution in [0.2, 0.25) is 0 Å². The molecule has 0 radical (unpaired) electrons. The summed E-state index contributed by atoms with van der Waals surface area (Å²) in [6.45, 7) is 3.71. The smallest absolute Gasteiger partial charge is 0.293 e. The number of halogens is 1. The van der Waals surface area contributed by atoms with Gasteiger partial charge in [0, 0.05) is 23.4 Å². The number of benzene rings is 3. The van der Waals surface area contributed by atoms with Crippen LogP contribution >= 0.6 is 0 Å². The van der Waals surface area contributed by atoms with Gasteiger partial charge in [-0.3, -0.25) is 14.1 Å². The van der Waals surface area contributed by atoms with E-state index in [0.717, 1.165) is 16.3 Å². The Morgan fingerprint density at radius 2 is 1.73 bits per heavy atom. The summed E-state index contributed by atoms with van der Waals surface area (Å²) in [5.41, 5.74) is 4.31. The molecule has 7 heteroatoms. The minimum Gasteiger partial charge on any atom is -0.293 e. The van der Waals surface area contributed by atoms with Gasteiger partial charge in [-0.05, 0) is 61.4 Å². The van der Waals surface area contributed by atoms with Crippen LogP contribution in [0.25, 0.3) is 49.7 Å². The van der Waals surface area contributed by atoms with Crippen LogP contribution in [-0.2, 0) is 12.5 Å². The molecule has 0 atom stereocenters. The van der Waals surface area contributed by atoms with Gasteiger partial charge in [0.15, 0.2) is 0 Å². The van der Waals surface area contributed by atoms with Crippen molar-refractivity contribution < 1.29 is 4.39 Å². The molecule has 0 aliphatic heterocycles. The number of para-hydroxylation sites is 1. The third-order valence-electron chi connectivity index (χ3n) is 7.00. The van der Waals surface area contributed by atoms with E-state index in [4.69, 9.17) is 0 Å². The zero-order valence-electron chi connectivity index (χ0n) is 20.5. The topological polar surface area (TPSA) is 76.5 Å². The van der Waals surface area contributed by atoms with Gasteiger partial charge in [-0.2, -0.15) is 9.65 Å². The highest BCUT2D eigenvalue weighted by Gasteiger charge is 2.21. The predicted octanol–water partition coefficient (Wildman–Crippen LogP) is 6.03.